The highest BCUT2D eigenvalue weighted by Crippen LogP contribution is 2.35. The molecule has 2 aromatic carbocycles. The van der Waals surface area contributed by atoms with Gasteiger partial charge < -0.3 is 29.6 Å². The number of ketones is 2. The van der Waals surface area contributed by atoms with E-state index >= 15 is 0 Å². The van der Waals surface area contributed by atoms with Gasteiger partial charge in [0.1, 0.15) is 0 Å². The molecule has 0 heterocycles. The van der Waals surface area contributed by atoms with Crippen LogP contribution in [0, 0.1) is 0 Å². The minimum atomic E-state index is -0.211. The van der Waals surface area contributed by atoms with Gasteiger partial charge in [0.25, 0.3) is 0 Å². The van der Waals surface area contributed by atoms with Crippen LogP contribution in [0.4, 0.5) is 11.4 Å². The van der Waals surface area contributed by atoms with Crippen molar-refractivity contribution in [2.75, 3.05) is 52.2 Å². The van der Waals surface area contributed by atoms with Crippen LogP contribution in [0.1, 0.15) is 70.4 Å². The van der Waals surface area contributed by atoms with Crippen molar-refractivity contribution < 1.29 is 28.5 Å². The first kappa shape index (κ1) is 27.8. The Hall–Kier alpha value is -2.78. The average molecular weight is 499 g/mol. The van der Waals surface area contributed by atoms with Gasteiger partial charge in [-0.25, -0.2) is 0 Å². The first-order valence-electron chi connectivity index (χ1n) is 12.5. The molecule has 2 N–H and O–H groups in total. The highest BCUT2D eigenvalue weighted by Gasteiger charge is 2.33. The SMILES string of the molecule is COC(CCCCNc1cccc2c1C(=O)c1c(NCCCCC(OC)OC)cccc1C2=O)OC. The molecule has 1 aliphatic rings. The number of carbonyl (C=O) groups excluding carboxylic acids is 2. The number of carbonyl (C=O) groups is 2. The molecule has 8 heteroatoms. The van der Waals surface area contributed by atoms with Gasteiger partial charge in [-0.2, -0.15) is 0 Å². The van der Waals surface area contributed by atoms with Gasteiger partial charge in [-0.3, -0.25) is 9.59 Å². The Bertz CT molecular complexity index is 940. The second-order valence-corrected chi connectivity index (χ2v) is 8.76. The van der Waals surface area contributed by atoms with Crippen LogP contribution in [0.5, 0.6) is 0 Å². The molecule has 2 aromatic rings. The molecule has 0 saturated heterocycles. The van der Waals surface area contributed by atoms with E-state index in [2.05, 4.69) is 10.6 Å². The number of nitrogens with one attached hydrogen (secondary N) is 2. The number of unbranched alkanes of at least 4 members (excludes halogenated alkanes) is 2. The number of rotatable bonds is 16. The van der Waals surface area contributed by atoms with Gasteiger partial charge >= 0.3 is 0 Å². The minimum Gasteiger partial charge on any atom is -0.384 e. The Morgan fingerprint density at radius 3 is 1.42 bits per heavy atom. The molecule has 0 atom stereocenters. The minimum absolute atomic E-state index is 0.127. The van der Waals surface area contributed by atoms with Crippen molar-refractivity contribution in [2.24, 2.45) is 0 Å². The highest BCUT2D eigenvalue weighted by molar-refractivity contribution is 6.31. The van der Waals surface area contributed by atoms with E-state index < -0.39 is 0 Å². The van der Waals surface area contributed by atoms with Gasteiger partial charge in [-0.05, 0) is 50.7 Å². The molecule has 0 aliphatic heterocycles. The van der Waals surface area contributed by atoms with Gasteiger partial charge in [-0.15, -0.1) is 0 Å². The van der Waals surface area contributed by atoms with Crippen molar-refractivity contribution >= 4 is 22.9 Å². The number of hydrogen-bond donors (Lipinski definition) is 2. The zero-order valence-electron chi connectivity index (χ0n) is 21.7. The Morgan fingerprint density at radius 1 is 0.611 bits per heavy atom. The largest absolute Gasteiger partial charge is 0.384 e. The molecule has 3 rings (SSSR count). The molecule has 0 fully saturated rings. The van der Waals surface area contributed by atoms with E-state index in [-0.39, 0.29) is 24.1 Å². The third-order valence-electron chi connectivity index (χ3n) is 6.49. The fourth-order valence-corrected chi connectivity index (χ4v) is 4.52. The second-order valence-electron chi connectivity index (χ2n) is 8.76. The topological polar surface area (TPSA) is 95.1 Å². The molecule has 0 saturated carbocycles. The maximum absolute atomic E-state index is 13.7. The third kappa shape index (κ3) is 6.70. The van der Waals surface area contributed by atoms with E-state index in [1.54, 1.807) is 40.6 Å². The number of fused-ring (bicyclic) bond motifs is 2. The van der Waals surface area contributed by atoms with Crippen LogP contribution in [-0.2, 0) is 18.9 Å². The van der Waals surface area contributed by atoms with Gasteiger partial charge in [0.15, 0.2) is 24.1 Å². The quantitative estimate of drug-likeness (QED) is 0.213. The predicted octanol–water partition coefficient (Wildman–Crippen LogP) is 4.86. The van der Waals surface area contributed by atoms with E-state index in [0.717, 1.165) is 38.5 Å². The summed E-state index contributed by atoms with van der Waals surface area (Å²) in [5, 5.41) is 6.73. The predicted molar refractivity (Wildman–Crippen MR) is 140 cm³/mol. The first-order valence-corrected chi connectivity index (χ1v) is 12.5. The fourth-order valence-electron chi connectivity index (χ4n) is 4.52. The zero-order chi connectivity index (χ0) is 25.9. The van der Waals surface area contributed by atoms with Gasteiger partial charge in [0, 0.05) is 64.0 Å². The second kappa shape index (κ2) is 14.1. The number of benzene rings is 2. The number of methoxy groups -OCH3 is 4. The average Bonchev–Trinajstić information content (AvgIpc) is 2.91. The summed E-state index contributed by atoms with van der Waals surface area (Å²) in [5.74, 6) is -0.263. The molecule has 0 radical (unpaired) electrons. The molecular weight excluding hydrogens is 460 g/mol. The molecule has 0 bridgehead atoms. The van der Waals surface area contributed by atoms with Crippen molar-refractivity contribution in [3.05, 3.63) is 58.7 Å². The highest BCUT2D eigenvalue weighted by atomic mass is 16.7. The Morgan fingerprint density at radius 2 is 1.03 bits per heavy atom. The van der Waals surface area contributed by atoms with Crippen LogP contribution in [0.15, 0.2) is 36.4 Å². The molecule has 36 heavy (non-hydrogen) atoms. The summed E-state index contributed by atoms with van der Waals surface area (Å²) in [4.78, 5) is 27.0. The van der Waals surface area contributed by atoms with Gasteiger partial charge in [0.2, 0.25) is 0 Å². The van der Waals surface area contributed by atoms with Crippen LogP contribution >= 0.6 is 0 Å². The van der Waals surface area contributed by atoms with E-state index in [0.29, 0.717) is 46.7 Å². The number of ether oxygens (including phenoxy) is 4. The summed E-state index contributed by atoms with van der Waals surface area (Å²) in [6, 6.07) is 10.8. The fraction of sp³-hybridized carbons (Fsp3) is 0.500. The van der Waals surface area contributed by atoms with Crippen molar-refractivity contribution in [1.82, 2.24) is 0 Å². The molecule has 0 spiro atoms. The Labute approximate surface area is 213 Å². The summed E-state index contributed by atoms with van der Waals surface area (Å²) in [5.41, 5.74) is 3.15. The molecule has 1 aliphatic carbocycles. The lowest BCUT2D eigenvalue weighted by Gasteiger charge is -2.23. The van der Waals surface area contributed by atoms with Crippen LogP contribution in [0.3, 0.4) is 0 Å². The maximum atomic E-state index is 13.7. The van der Waals surface area contributed by atoms with E-state index in [4.69, 9.17) is 18.9 Å². The molecule has 8 nitrogen and oxygen atoms in total. The number of anilines is 2. The summed E-state index contributed by atoms with van der Waals surface area (Å²) in [6.07, 6.45) is 4.74. The van der Waals surface area contributed by atoms with Crippen LogP contribution in [-0.4, -0.2) is 65.7 Å². The third-order valence-corrected chi connectivity index (χ3v) is 6.49. The van der Waals surface area contributed by atoms with Crippen LogP contribution in [0.25, 0.3) is 0 Å². The molecule has 0 amide bonds. The summed E-state index contributed by atoms with van der Waals surface area (Å²) in [6.45, 7) is 1.35. The molecule has 0 unspecified atom stereocenters. The number of hydrogen-bond acceptors (Lipinski definition) is 8. The maximum Gasteiger partial charge on any atom is 0.198 e. The van der Waals surface area contributed by atoms with Crippen molar-refractivity contribution in [1.29, 1.82) is 0 Å². The molecule has 0 aromatic heterocycles. The van der Waals surface area contributed by atoms with E-state index in [1.807, 2.05) is 24.3 Å². The normalized spacial score (nSPS) is 12.7. The standard InChI is InChI=1S/C28H38N2O6/c1-33-23(34-2)15-5-7-17-29-21-13-9-11-19-25(21)28(32)26-20(27(19)31)12-10-14-22(26)30-18-8-6-16-24(35-3)36-4/h9-14,23-24,29-30H,5-8,15-18H2,1-4H3. The van der Waals surface area contributed by atoms with Gasteiger partial charge in [-0.1, -0.05) is 24.3 Å². The van der Waals surface area contributed by atoms with E-state index in [9.17, 15) is 9.59 Å². The smallest absolute Gasteiger partial charge is 0.198 e. The Balaban J connectivity index is 1.68. The molecule has 196 valence electrons. The monoisotopic (exact) mass is 498 g/mol. The van der Waals surface area contributed by atoms with Crippen molar-refractivity contribution in [3.63, 3.8) is 0 Å². The van der Waals surface area contributed by atoms with Crippen LogP contribution in [0.2, 0.25) is 0 Å². The van der Waals surface area contributed by atoms with E-state index in [1.165, 1.54) is 0 Å². The first-order chi connectivity index (χ1) is 17.5. The van der Waals surface area contributed by atoms with Crippen molar-refractivity contribution in [2.45, 2.75) is 51.1 Å². The lowest BCUT2D eigenvalue weighted by atomic mass is 9.82. The Kier molecular flexibility index (Phi) is 10.9. The lowest BCUT2D eigenvalue weighted by molar-refractivity contribution is -0.107. The van der Waals surface area contributed by atoms with Gasteiger partial charge in [0.05, 0.1) is 11.1 Å². The summed E-state index contributed by atoms with van der Waals surface area (Å²) < 4.78 is 20.9. The summed E-state index contributed by atoms with van der Waals surface area (Å²) in [7, 11) is 6.52. The molecular formula is C28H38N2O6. The van der Waals surface area contributed by atoms with Crippen molar-refractivity contribution in [3.8, 4) is 0 Å². The zero-order valence-corrected chi connectivity index (χ0v) is 21.7. The van der Waals surface area contributed by atoms with Crippen LogP contribution < -0.4 is 10.6 Å². The lowest BCUT2D eigenvalue weighted by Crippen LogP contribution is -2.24. The summed E-state index contributed by atoms with van der Waals surface area (Å²) >= 11 is 0.